The second-order valence-electron chi connectivity index (χ2n) is 6.59. The summed E-state index contributed by atoms with van der Waals surface area (Å²) in [5.74, 6) is 2.95. The number of hydrogen-bond donors (Lipinski definition) is 1. The van der Waals surface area contributed by atoms with Gasteiger partial charge >= 0.3 is 0 Å². The summed E-state index contributed by atoms with van der Waals surface area (Å²) < 4.78 is 18.3. The average molecular weight is 443 g/mol. The molecule has 3 aromatic rings. The van der Waals surface area contributed by atoms with Crippen molar-refractivity contribution in [3.63, 3.8) is 0 Å². The normalized spacial score (nSPS) is 11.6. The van der Waals surface area contributed by atoms with Gasteiger partial charge in [0.25, 0.3) is 0 Å². The molecule has 1 aromatic heterocycles. The number of carbonyl (C=O) groups is 1. The molecule has 31 heavy (non-hydrogen) atoms. The van der Waals surface area contributed by atoms with Crippen LogP contribution >= 0.6 is 11.8 Å². The fraction of sp³-hybridized carbons (Fsp3) is 0.318. The quantitative estimate of drug-likeness (QED) is 0.471. The number of thioether (sulfide) groups is 1. The minimum atomic E-state index is -0.305. The van der Waals surface area contributed by atoms with Gasteiger partial charge in [0, 0.05) is 18.3 Å². The Morgan fingerprint density at radius 2 is 1.77 bits per heavy atom. The van der Waals surface area contributed by atoms with Gasteiger partial charge in [0.15, 0.2) is 17.1 Å². The van der Waals surface area contributed by atoms with E-state index < -0.39 is 0 Å². The lowest BCUT2D eigenvalue weighted by atomic mass is 10.3. The molecule has 8 nitrogen and oxygen atoms in total. The lowest BCUT2D eigenvalue weighted by Crippen LogP contribution is -2.15. The van der Waals surface area contributed by atoms with Gasteiger partial charge in [-0.2, -0.15) is 0 Å². The van der Waals surface area contributed by atoms with Crippen molar-refractivity contribution in [1.29, 1.82) is 0 Å². The first kappa shape index (κ1) is 22.5. The first-order chi connectivity index (χ1) is 15.0. The highest BCUT2D eigenvalue weighted by Gasteiger charge is 2.19. The van der Waals surface area contributed by atoms with Crippen LogP contribution in [0.4, 0.5) is 5.69 Å². The summed E-state index contributed by atoms with van der Waals surface area (Å²) in [5.41, 5.74) is 0.684. The third kappa shape index (κ3) is 5.91. The molecule has 3 rings (SSSR count). The number of ether oxygens (including phenoxy) is 3. The molecule has 1 N–H and O–H groups in total. The minimum absolute atomic E-state index is 0.131. The highest BCUT2D eigenvalue weighted by molar-refractivity contribution is 7.99. The van der Waals surface area contributed by atoms with Crippen molar-refractivity contribution in [1.82, 2.24) is 14.8 Å². The number of methoxy groups -OCH3 is 2. The summed E-state index contributed by atoms with van der Waals surface area (Å²) in [6, 6.07) is 14.6. The molecule has 9 heteroatoms. The van der Waals surface area contributed by atoms with Crippen LogP contribution in [0.3, 0.4) is 0 Å². The fourth-order valence-electron chi connectivity index (χ4n) is 2.94. The van der Waals surface area contributed by atoms with Gasteiger partial charge in [0.1, 0.15) is 17.2 Å². The highest BCUT2D eigenvalue weighted by atomic mass is 32.2. The molecule has 0 bridgehead atoms. The smallest absolute Gasteiger partial charge is 0.234 e. The Hall–Kier alpha value is -3.20. The molecule has 0 aliphatic heterocycles. The van der Waals surface area contributed by atoms with Crippen LogP contribution in [-0.4, -0.2) is 40.6 Å². The van der Waals surface area contributed by atoms with E-state index >= 15 is 0 Å². The molecule has 2 aromatic carbocycles. The van der Waals surface area contributed by atoms with E-state index in [2.05, 4.69) is 15.5 Å². The van der Waals surface area contributed by atoms with Gasteiger partial charge in [-0.25, -0.2) is 0 Å². The molecule has 0 spiro atoms. The zero-order valence-corrected chi connectivity index (χ0v) is 18.8. The van der Waals surface area contributed by atoms with E-state index in [0.717, 1.165) is 5.75 Å². The second kappa shape index (κ2) is 10.7. The van der Waals surface area contributed by atoms with Crippen LogP contribution in [0.15, 0.2) is 53.7 Å². The summed E-state index contributed by atoms with van der Waals surface area (Å²) in [6.45, 7) is 4.59. The molecular formula is C22H26N4O4S. The maximum absolute atomic E-state index is 12.4. The van der Waals surface area contributed by atoms with E-state index in [-0.39, 0.29) is 17.8 Å². The first-order valence-corrected chi connectivity index (χ1v) is 10.8. The predicted octanol–water partition coefficient (Wildman–Crippen LogP) is 4.19. The number of nitrogens with zero attached hydrogens (tertiary/aromatic N) is 3. The van der Waals surface area contributed by atoms with Crippen molar-refractivity contribution in [2.24, 2.45) is 0 Å². The number of nitrogens with one attached hydrogen (secondary N) is 1. The van der Waals surface area contributed by atoms with Gasteiger partial charge in [-0.1, -0.05) is 17.8 Å². The minimum Gasteiger partial charge on any atom is -0.497 e. The molecule has 0 fully saturated rings. The topological polar surface area (TPSA) is 87.5 Å². The van der Waals surface area contributed by atoms with Crippen molar-refractivity contribution in [2.75, 3.05) is 25.3 Å². The van der Waals surface area contributed by atoms with E-state index in [4.69, 9.17) is 14.2 Å². The van der Waals surface area contributed by atoms with Crippen LogP contribution in [0.2, 0.25) is 0 Å². The van der Waals surface area contributed by atoms with Gasteiger partial charge < -0.3 is 24.1 Å². The molecule has 1 atom stereocenters. The Balaban J connectivity index is 1.61. The maximum Gasteiger partial charge on any atom is 0.234 e. The van der Waals surface area contributed by atoms with Gasteiger partial charge in [0.05, 0.1) is 20.0 Å². The van der Waals surface area contributed by atoms with Crippen LogP contribution in [0, 0.1) is 0 Å². The summed E-state index contributed by atoms with van der Waals surface area (Å²) in [7, 11) is 3.21. The van der Waals surface area contributed by atoms with E-state index in [9.17, 15) is 4.79 Å². The molecule has 164 valence electrons. The van der Waals surface area contributed by atoms with E-state index in [0.29, 0.717) is 34.7 Å². The van der Waals surface area contributed by atoms with E-state index in [1.165, 1.54) is 11.8 Å². The van der Waals surface area contributed by atoms with Crippen LogP contribution in [-0.2, 0) is 11.3 Å². The van der Waals surface area contributed by atoms with Crippen LogP contribution in [0.25, 0.3) is 0 Å². The Kier molecular flexibility index (Phi) is 7.77. The zero-order valence-electron chi connectivity index (χ0n) is 18.0. The first-order valence-electron chi connectivity index (χ1n) is 9.84. The van der Waals surface area contributed by atoms with Gasteiger partial charge in [-0.05, 0) is 50.2 Å². The lowest BCUT2D eigenvalue weighted by molar-refractivity contribution is -0.113. The summed E-state index contributed by atoms with van der Waals surface area (Å²) >= 11 is 1.33. The SMILES string of the molecule is CCn1c(SCC(=O)Nc2cccc(OC)c2)nnc1C(C)Oc1ccc(OC)cc1. The molecular weight excluding hydrogens is 416 g/mol. The Labute approximate surface area is 185 Å². The van der Waals surface area contributed by atoms with Crippen molar-refractivity contribution < 1.29 is 19.0 Å². The van der Waals surface area contributed by atoms with Crippen molar-refractivity contribution in [3.8, 4) is 17.2 Å². The van der Waals surface area contributed by atoms with E-state index in [1.54, 1.807) is 20.3 Å². The van der Waals surface area contributed by atoms with Crippen molar-refractivity contribution in [2.45, 2.75) is 31.7 Å². The number of hydrogen-bond acceptors (Lipinski definition) is 7. The van der Waals surface area contributed by atoms with Crippen LogP contribution < -0.4 is 19.5 Å². The Morgan fingerprint density at radius 3 is 2.45 bits per heavy atom. The zero-order chi connectivity index (χ0) is 22.2. The summed E-state index contributed by atoms with van der Waals surface area (Å²) in [5, 5.41) is 12.1. The standard InChI is InChI=1S/C22H26N4O4S/c1-5-26-21(15(2)30-18-11-9-17(28-3)10-12-18)24-25-22(26)31-14-20(27)23-16-7-6-8-19(13-16)29-4/h6-13,15H,5,14H2,1-4H3,(H,23,27). The number of anilines is 1. The molecule has 1 amide bonds. The van der Waals surface area contributed by atoms with Crippen LogP contribution in [0.5, 0.6) is 17.2 Å². The van der Waals surface area contributed by atoms with E-state index in [1.807, 2.05) is 60.9 Å². The molecule has 1 unspecified atom stereocenters. The molecule has 0 aliphatic carbocycles. The Bertz CT molecular complexity index is 1010. The van der Waals surface area contributed by atoms with Gasteiger partial charge in [0.2, 0.25) is 5.91 Å². The lowest BCUT2D eigenvalue weighted by Gasteiger charge is -2.15. The molecule has 0 radical (unpaired) electrons. The fourth-order valence-corrected chi connectivity index (χ4v) is 3.75. The predicted molar refractivity (Wildman–Crippen MR) is 120 cm³/mol. The van der Waals surface area contributed by atoms with Crippen molar-refractivity contribution >= 4 is 23.4 Å². The van der Waals surface area contributed by atoms with Gasteiger partial charge in [-0.3, -0.25) is 4.79 Å². The van der Waals surface area contributed by atoms with Gasteiger partial charge in [-0.15, -0.1) is 10.2 Å². The Morgan fingerprint density at radius 1 is 1.06 bits per heavy atom. The molecule has 1 heterocycles. The number of aromatic nitrogens is 3. The highest BCUT2D eigenvalue weighted by Crippen LogP contribution is 2.26. The molecule has 0 saturated carbocycles. The maximum atomic E-state index is 12.4. The second-order valence-corrected chi connectivity index (χ2v) is 7.53. The monoisotopic (exact) mass is 442 g/mol. The average Bonchev–Trinajstić information content (AvgIpc) is 3.21. The van der Waals surface area contributed by atoms with Crippen molar-refractivity contribution in [3.05, 3.63) is 54.4 Å². The third-order valence-electron chi connectivity index (χ3n) is 4.48. The third-order valence-corrected chi connectivity index (χ3v) is 5.45. The van der Waals surface area contributed by atoms with Crippen LogP contribution in [0.1, 0.15) is 25.8 Å². The largest absolute Gasteiger partial charge is 0.497 e. The number of carbonyl (C=O) groups excluding carboxylic acids is 1. The number of amides is 1. The number of benzene rings is 2. The number of rotatable bonds is 10. The summed E-state index contributed by atoms with van der Waals surface area (Å²) in [4.78, 5) is 12.4. The molecule has 0 aliphatic rings. The summed E-state index contributed by atoms with van der Waals surface area (Å²) in [6.07, 6.45) is -0.305. The molecule has 0 saturated heterocycles.